The molecule has 0 radical (unpaired) electrons. The van der Waals surface area contributed by atoms with Crippen molar-refractivity contribution in [3.05, 3.63) is 35.4 Å². The third kappa shape index (κ3) is 6.99. The fourth-order valence-corrected chi connectivity index (χ4v) is 2.58. The Morgan fingerprint density at radius 2 is 2.04 bits per heavy atom. The van der Waals surface area contributed by atoms with Gasteiger partial charge in [-0.05, 0) is 30.5 Å². The predicted octanol–water partition coefficient (Wildman–Crippen LogP) is 1.42. The molecular weight excluding hydrogens is 320 g/mol. The average molecular weight is 343 g/mol. The van der Waals surface area contributed by atoms with Gasteiger partial charge >= 0.3 is 11.9 Å². The maximum absolute atomic E-state index is 9.99. The number of carboxylic acids is 2. The largest absolute Gasteiger partial charge is 0.481 e. The lowest BCUT2D eigenvalue weighted by molar-refractivity contribution is -0.139. The Hall–Kier alpha value is -1.63. The quantitative estimate of drug-likeness (QED) is 0.602. The van der Waals surface area contributed by atoms with E-state index >= 15 is 0 Å². The number of fused-ring (bicyclic) bond motifs is 1. The lowest BCUT2D eigenvalue weighted by Crippen LogP contribution is -2.30. The number of carboxylic acid groups (broad SMARTS) is 2. The molecule has 0 aliphatic carbocycles. The van der Waals surface area contributed by atoms with Gasteiger partial charge in [0.25, 0.3) is 0 Å². The van der Waals surface area contributed by atoms with E-state index in [0.717, 1.165) is 19.5 Å². The number of nitrogens with two attached hydrogens (primary N) is 1. The van der Waals surface area contributed by atoms with Gasteiger partial charge in [-0.3, -0.25) is 9.59 Å². The number of hydrogen-bond donors (Lipinski definition) is 4. The van der Waals surface area contributed by atoms with Gasteiger partial charge < -0.3 is 21.3 Å². The third-order valence-corrected chi connectivity index (χ3v) is 4.00. The number of hydrogen-bond acceptors (Lipinski definition) is 4. The summed E-state index contributed by atoms with van der Waals surface area (Å²) < 4.78 is 0. The molecule has 0 aromatic heterocycles. The number of rotatable bonds is 5. The summed E-state index contributed by atoms with van der Waals surface area (Å²) in [6.45, 7) is 2.09. The van der Waals surface area contributed by atoms with Crippen LogP contribution in [0.25, 0.3) is 0 Å². The fraction of sp³-hybridized carbons (Fsp3) is 0.500. The minimum atomic E-state index is -1.17. The summed E-state index contributed by atoms with van der Waals surface area (Å²) in [6.07, 6.45) is 0.904. The molecule has 0 amide bonds. The van der Waals surface area contributed by atoms with E-state index in [1.165, 1.54) is 11.1 Å². The van der Waals surface area contributed by atoms with E-state index in [4.69, 9.17) is 27.5 Å². The van der Waals surface area contributed by atoms with E-state index in [2.05, 4.69) is 29.6 Å². The molecule has 2 atom stereocenters. The SMILES string of the molecule is ClCC1CNCCc2ccccc21.N[C@@H](CCC(=O)O)C(=O)O. The van der Waals surface area contributed by atoms with Crippen molar-refractivity contribution in [1.82, 2.24) is 5.32 Å². The summed E-state index contributed by atoms with van der Waals surface area (Å²) in [7, 11) is 0. The van der Waals surface area contributed by atoms with Gasteiger partial charge in [0.2, 0.25) is 0 Å². The molecule has 1 unspecified atom stereocenters. The lowest BCUT2D eigenvalue weighted by atomic mass is 9.95. The standard InChI is InChI=1S/C11H14ClN.C5H9NO4/c12-7-10-8-13-6-5-9-3-1-2-4-11(9)10;6-3(5(9)10)1-2-4(7)8/h1-4,10,13H,5-8H2;3H,1-2,6H2,(H,7,8)(H,9,10)/t;3-/m.0/s1. The van der Waals surface area contributed by atoms with E-state index < -0.39 is 18.0 Å². The predicted molar refractivity (Wildman–Crippen MR) is 89.0 cm³/mol. The average Bonchev–Trinajstić information content (AvgIpc) is 2.75. The van der Waals surface area contributed by atoms with Gasteiger partial charge in [0.05, 0.1) is 0 Å². The highest BCUT2D eigenvalue weighted by Gasteiger charge is 2.16. The van der Waals surface area contributed by atoms with Crippen LogP contribution in [0.4, 0.5) is 0 Å². The third-order valence-electron chi connectivity index (χ3n) is 3.63. The molecule has 1 heterocycles. The van der Waals surface area contributed by atoms with Gasteiger partial charge in [-0.1, -0.05) is 24.3 Å². The van der Waals surface area contributed by atoms with Gasteiger partial charge in [-0.15, -0.1) is 11.6 Å². The van der Waals surface area contributed by atoms with Crippen LogP contribution < -0.4 is 11.1 Å². The Morgan fingerprint density at radius 3 is 2.65 bits per heavy atom. The smallest absolute Gasteiger partial charge is 0.320 e. The zero-order chi connectivity index (χ0) is 17.2. The number of aliphatic carboxylic acids is 2. The van der Waals surface area contributed by atoms with Crippen LogP contribution in [0.1, 0.15) is 29.9 Å². The highest BCUT2D eigenvalue weighted by Crippen LogP contribution is 2.23. The second-order valence-corrected chi connectivity index (χ2v) is 5.69. The van der Waals surface area contributed by atoms with Crippen molar-refractivity contribution in [3.63, 3.8) is 0 Å². The zero-order valence-corrected chi connectivity index (χ0v) is 13.6. The van der Waals surface area contributed by atoms with Crippen molar-refractivity contribution < 1.29 is 19.8 Å². The van der Waals surface area contributed by atoms with Crippen LogP contribution in [0.3, 0.4) is 0 Å². The fourth-order valence-electron chi connectivity index (χ4n) is 2.31. The highest BCUT2D eigenvalue weighted by atomic mass is 35.5. The van der Waals surface area contributed by atoms with Crippen molar-refractivity contribution in [3.8, 4) is 0 Å². The van der Waals surface area contributed by atoms with Crippen molar-refractivity contribution in [2.24, 2.45) is 5.73 Å². The molecular formula is C16H23ClN2O4. The first-order chi connectivity index (χ1) is 11.0. The van der Waals surface area contributed by atoms with E-state index in [1.807, 2.05) is 0 Å². The molecule has 1 aliphatic rings. The molecule has 7 heteroatoms. The summed E-state index contributed by atoms with van der Waals surface area (Å²) in [4.78, 5) is 19.9. The summed E-state index contributed by atoms with van der Waals surface area (Å²) >= 11 is 5.94. The minimum Gasteiger partial charge on any atom is -0.481 e. The molecule has 1 aromatic carbocycles. The van der Waals surface area contributed by atoms with Crippen LogP contribution in [-0.2, 0) is 16.0 Å². The van der Waals surface area contributed by atoms with Gasteiger partial charge in [0, 0.05) is 24.8 Å². The van der Waals surface area contributed by atoms with E-state index in [1.54, 1.807) is 0 Å². The van der Waals surface area contributed by atoms with E-state index in [-0.39, 0.29) is 12.8 Å². The maximum atomic E-state index is 9.99. The molecule has 128 valence electrons. The topological polar surface area (TPSA) is 113 Å². The molecule has 1 aliphatic heterocycles. The number of benzene rings is 1. The molecule has 0 fully saturated rings. The van der Waals surface area contributed by atoms with Crippen LogP contribution in [0, 0.1) is 0 Å². The van der Waals surface area contributed by atoms with Crippen LogP contribution in [0.15, 0.2) is 24.3 Å². The van der Waals surface area contributed by atoms with Crippen LogP contribution >= 0.6 is 11.6 Å². The Labute approximate surface area is 140 Å². The van der Waals surface area contributed by atoms with E-state index in [9.17, 15) is 9.59 Å². The molecule has 0 spiro atoms. The van der Waals surface area contributed by atoms with Gasteiger partial charge in [0.15, 0.2) is 0 Å². The molecule has 6 nitrogen and oxygen atoms in total. The zero-order valence-electron chi connectivity index (χ0n) is 12.9. The normalized spacial score (nSPS) is 17.9. The molecule has 5 N–H and O–H groups in total. The van der Waals surface area contributed by atoms with Crippen LogP contribution in [0.5, 0.6) is 0 Å². The van der Waals surface area contributed by atoms with Crippen LogP contribution in [-0.4, -0.2) is 47.2 Å². The van der Waals surface area contributed by atoms with Gasteiger partial charge in [-0.25, -0.2) is 0 Å². The maximum Gasteiger partial charge on any atom is 0.320 e. The van der Waals surface area contributed by atoms with Crippen molar-refractivity contribution in [2.45, 2.75) is 31.2 Å². The molecule has 0 saturated heterocycles. The molecule has 0 bridgehead atoms. The van der Waals surface area contributed by atoms with Gasteiger partial charge in [-0.2, -0.15) is 0 Å². The second-order valence-electron chi connectivity index (χ2n) is 5.38. The molecule has 23 heavy (non-hydrogen) atoms. The van der Waals surface area contributed by atoms with Crippen molar-refractivity contribution in [2.75, 3.05) is 19.0 Å². The number of carbonyl (C=O) groups is 2. The van der Waals surface area contributed by atoms with Crippen molar-refractivity contribution >= 4 is 23.5 Å². The summed E-state index contributed by atoms with van der Waals surface area (Å²) in [5.41, 5.74) is 7.89. The van der Waals surface area contributed by atoms with Gasteiger partial charge in [0.1, 0.15) is 6.04 Å². The summed E-state index contributed by atoms with van der Waals surface area (Å²) in [5.74, 6) is -0.998. The Kier molecular flexibility index (Phi) is 8.61. The Morgan fingerprint density at radius 1 is 1.35 bits per heavy atom. The first kappa shape index (κ1) is 19.4. The number of alkyl halides is 1. The Bertz CT molecular complexity index is 525. The number of nitrogens with one attached hydrogen (secondary N) is 1. The summed E-state index contributed by atoms with van der Waals surface area (Å²) in [5, 5.41) is 19.7. The van der Waals surface area contributed by atoms with Crippen LogP contribution in [0.2, 0.25) is 0 Å². The second kappa shape index (κ2) is 10.2. The number of halogens is 1. The molecule has 0 saturated carbocycles. The first-order valence-electron chi connectivity index (χ1n) is 7.50. The molecule has 2 rings (SSSR count). The monoisotopic (exact) mass is 342 g/mol. The highest BCUT2D eigenvalue weighted by molar-refractivity contribution is 6.18. The lowest BCUT2D eigenvalue weighted by Gasteiger charge is -2.13. The summed E-state index contributed by atoms with van der Waals surface area (Å²) in [6, 6.07) is 7.56. The van der Waals surface area contributed by atoms with E-state index in [0.29, 0.717) is 11.8 Å². The molecule has 1 aromatic rings. The van der Waals surface area contributed by atoms with Crippen molar-refractivity contribution in [1.29, 1.82) is 0 Å². The Balaban J connectivity index is 0.000000241. The minimum absolute atomic E-state index is 0.0231. The first-order valence-corrected chi connectivity index (χ1v) is 8.03.